The highest BCUT2D eigenvalue weighted by Gasteiger charge is 2.43. The summed E-state index contributed by atoms with van der Waals surface area (Å²) in [7, 11) is 0. The summed E-state index contributed by atoms with van der Waals surface area (Å²) < 4.78 is 6.33. The van der Waals surface area contributed by atoms with E-state index in [2.05, 4.69) is 10.3 Å². The Hall–Kier alpha value is -3.88. The van der Waals surface area contributed by atoms with Crippen LogP contribution in [0, 0.1) is 6.92 Å². The highest BCUT2D eigenvalue weighted by Crippen LogP contribution is 2.46. The van der Waals surface area contributed by atoms with Gasteiger partial charge in [-0.2, -0.15) is 0 Å². The number of aromatic nitrogens is 1. The fourth-order valence-corrected chi connectivity index (χ4v) is 4.83. The maximum absolute atomic E-state index is 11.3. The van der Waals surface area contributed by atoms with E-state index in [1.54, 1.807) is 41.4 Å². The van der Waals surface area contributed by atoms with E-state index in [1.165, 1.54) is 6.07 Å². The Morgan fingerprint density at radius 2 is 1.97 bits per heavy atom. The Kier molecular flexibility index (Phi) is 5.92. The topological polar surface area (TPSA) is 98.8 Å². The van der Waals surface area contributed by atoms with Gasteiger partial charge in [0.2, 0.25) is 0 Å². The Bertz CT molecular complexity index is 1440. The van der Waals surface area contributed by atoms with E-state index in [4.69, 9.17) is 28.2 Å². The number of phenolic OH excluding ortho intramolecular Hbond substituents is 1. The van der Waals surface area contributed by atoms with Gasteiger partial charge in [0, 0.05) is 16.8 Å². The van der Waals surface area contributed by atoms with Crippen LogP contribution in [0.4, 0.5) is 5.69 Å². The predicted molar refractivity (Wildman–Crippen MR) is 137 cm³/mol. The molecular formula is C26H20ClN3O4S. The molecule has 35 heavy (non-hydrogen) atoms. The number of aromatic carboxylic acids is 1. The number of pyridine rings is 1. The molecule has 1 fully saturated rings. The summed E-state index contributed by atoms with van der Waals surface area (Å²) in [5.41, 5.74) is 2.96. The number of hydrogen-bond donors (Lipinski definition) is 3. The number of anilines is 1. The molecule has 3 N–H and O–H groups in total. The van der Waals surface area contributed by atoms with E-state index in [9.17, 15) is 15.0 Å². The Balaban J connectivity index is 1.61. The average Bonchev–Trinajstić information content (AvgIpc) is 3.45. The zero-order chi connectivity index (χ0) is 24.7. The molecule has 0 unspecified atom stereocenters. The van der Waals surface area contributed by atoms with Crippen molar-refractivity contribution in [3.05, 3.63) is 101 Å². The number of carboxylic acid groups (broad SMARTS) is 1. The summed E-state index contributed by atoms with van der Waals surface area (Å²) >= 11 is 11.9. The minimum absolute atomic E-state index is 0.0251. The second-order valence-electron chi connectivity index (χ2n) is 8.17. The van der Waals surface area contributed by atoms with Crippen molar-refractivity contribution in [1.82, 2.24) is 10.3 Å². The van der Waals surface area contributed by atoms with Gasteiger partial charge in [0.25, 0.3) is 0 Å². The quantitative estimate of drug-likeness (QED) is 0.289. The third-order valence-corrected chi connectivity index (χ3v) is 6.50. The lowest BCUT2D eigenvalue weighted by molar-refractivity contribution is 0.0696. The lowest BCUT2D eigenvalue weighted by Crippen LogP contribution is -2.29. The van der Waals surface area contributed by atoms with Crippen LogP contribution in [0.25, 0.3) is 11.3 Å². The highest BCUT2D eigenvalue weighted by atomic mass is 35.5. The van der Waals surface area contributed by atoms with Crippen molar-refractivity contribution in [2.24, 2.45) is 0 Å². The number of nitrogens with zero attached hydrogens (tertiary/aromatic N) is 2. The van der Waals surface area contributed by atoms with Crippen LogP contribution in [0.15, 0.2) is 77.3 Å². The molecule has 9 heteroatoms. The van der Waals surface area contributed by atoms with Crippen molar-refractivity contribution in [1.29, 1.82) is 0 Å². The number of benzene rings is 2. The molecule has 0 aliphatic carbocycles. The molecule has 4 aromatic rings. The molecule has 3 heterocycles. The molecule has 0 amide bonds. The van der Waals surface area contributed by atoms with Crippen molar-refractivity contribution in [2.75, 3.05) is 4.90 Å². The van der Waals surface area contributed by atoms with Gasteiger partial charge >= 0.3 is 5.97 Å². The second-order valence-corrected chi connectivity index (χ2v) is 8.99. The van der Waals surface area contributed by atoms with E-state index in [0.717, 1.165) is 16.8 Å². The second kappa shape index (κ2) is 9.05. The monoisotopic (exact) mass is 505 g/mol. The normalized spacial score (nSPS) is 17.4. The number of carboxylic acids is 1. The van der Waals surface area contributed by atoms with Crippen LogP contribution in [0.1, 0.15) is 39.5 Å². The van der Waals surface area contributed by atoms with E-state index in [0.29, 0.717) is 27.3 Å². The first kappa shape index (κ1) is 22.9. The number of rotatable bonds is 5. The van der Waals surface area contributed by atoms with Crippen LogP contribution in [0.3, 0.4) is 0 Å². The Morgan fingerprint density at radius 3 is 2.69 bits per heavy atom. The molecule has 1 saturated heterocycles. The van der Waals surface area contributed by atoms with Gasteiger partial charge < -0.3 is 24.8 Å². The minimum Gasteiger partial charge on any atom is -0.506 e. The van der Waals surface area contributed by atoms with E-state index >= 15 is 0 Å². The third kappa shape index (κ3) is 4.22. The molecule has 0 bridgehead atoms. The maximum Gasteiger partial charge on any atom is 0.335 e. The van der Waals surface area contributed by atoms with Gasteiger partial charge in [0.05, 0.1) is 23.0 Å². The molecule has 0 saturated carbocycles. The van der Waals surface area contributed by atoms with Crippen molar-refractivity contribution in [3.8, 4) is 17.1 Å². The predicted octanol–water partition coefficient (Wildman–Crippen LogP) is 5.88. The number of halogens is 1. The van der Waals surface area contributed by atoms with E-state index < -0.39 is 12.0 Å². The molecule has 5 rings (SSSR count). The summed E-state index contributed by atoms with van der Waals surface area (Å²) in [6, 6.07) is 18.1. The fraction of sp³-hybridized carbons (Fsp3) is 0.115. The number of carbonyl (C=O) groups is 1. The Labute approximate surface area is 211 Å². The zero-order valence-corrected chi connectivity index (χ0v) is 20.0. The first-order valence-electron chi connectivity index (χ1n) is 10.8. The van der Waals surface area contributed by atoms with Crippen molar-refractivity contribution < 1.29 is 19.4 Å². The summed E-state index contributed by atoms with van der Waals surface area (Å²) in [6.45, 7) is 1.84. The van der Waals surface area contributed by atoms with E-state index in [1.807, 2.05) is 37.3 Å². The Morgan fingerprint density at radius 1 is 1.14 bits per heavy atom. The molecule has 176 valence electrons. The summed E-state index contributed by atoms with van der Waals surface area (Å²) in [4.78, 5) is 17.6. The first-order valence-corrected chi connectivity index (χ1v) is 11.6. The standard InChI is InChI=1S/C26H20ClN3O4S/c1-14-12-15(25(32)33)5-7-17(14)21-9-10-22(34-21)24-23(18-4-2-3-11-28-18)29-26(35)30(24)19-13-16(27)6-8-20(19)31/h2-13,23-24,31H,1H3,(H,29,35)(H,32,33)/t23-,24+/m1/s1. The first-order chi connectivity index (χ1) is 16.8. The molecule has 2 aromatic carbocycles. The average molecular weight is 506 g/mol. The van der Waals surface area contributed by atoms with Gasteiger partial charge in [0.1, 0.15) is 23.3 Å². The number of aromatic hydroxyl groups is 1. The van der Waals surface area contributed by atoms with Gasteiger partial charge in [-0.25, -0.2) is 4.79 Å². The maximum atomic E-state index is 11.3. The number of nitrogens with one attached hydrogen (secondary N) is 1. The van der Waals surface area contributed by atoms with Gasteiger partial charge in [-0.15, -0.1) is 0 Å². The SMILES string of the molecule is Cc1cc(C(=O)O)ccc1-c1ccc([C@H]2[C@@H](c3ccccn3)NC(=S)N2c2cc(Cl)ccc2O)o1. The molecule has 2 atom stereocenters. The molecule has 1 aliphatic rings. The van der Waals surface area contributed by atoms with Gasteiger partial charge in [0.15, 0.2) is 5.11 Å². The molecule has 7 nitrogen and oxygen atoms in total. The number of aryl methyl sites for hydroxylation is 1. The highest BCUT2D eigenvalue weighted by molar-refractivity contribution is 7.80. The van der Waals surface area contributed by atoms with Crippen LogP contribution in [0.5, 0.6) is 5.75 Å². The van der Waals surface area contributed by atoms with Crippen LogP contribution >= 0.6 is 23.8 Å². The van der Waals surface area contributed by atoms with Crippen molar-refractivity contribution in [2.45, 2.75) is 19.0 Å². The number of furan rings is 1. The van der Waals surface area contributed by atoms with Crippen LogP contribution in [-0.4, -0.2) is 26.3 Å². The van der Waals surface area contributed by atoms with Crippen molar-refractivity contribution in [3.63, 3.8) is 0 Å². The number of phenols is 1. The lowest BCUT2D eigenvalue weighted by Gasteiger charge is -2.26. The third-order valence-electron chi connectivity index (χ3n) is 5.95. The van der Waals surface area contributed by atoms with Gasteiger partial charge in [-0.05, 0) is 79.3 Å². The van der Waals surface area contributed by atoms with Crippen LogP contribution in [-0.2, 0) is 0 Å². The van der Waals surface area contributed by atoms with Gasteiger partial charge in [-0.3, -0.25) is 4.98 Å². The molecule has 2 aromatic heterocycles. The summed E-state index contributed by atoms with van der Waals surface area (Å²) in [5, 5.41) is 24.1. The van der Waals surface area contributed by atoms with Crippen LogP contribution in [0.2, 0.25) is 5.02 Å². The smallest absolute Gasteiger partial charge is 0.335 e. The molecule has 1 aliphatic heterocycles. The van der Waals surface area contributed by atoms with Crippen molar-refractivity contribution >= 4 is 40.6 Å². The van der Waals surface area contributed by atoms with Crippen LogP contribution < -0.4 is 10.2 Å². The zero-order valence-electron chi connectivity index (χ0n) is 18.5. The summed E-state index contributed by atoms with van der Waals surface area (Å²) in [5.74, 6) is 0.212. The van der Waals surface area contributed by atoms with Gasteiger partial charge in [-0.1, -0.05) is 23.7 Å². The minimum atomic E-state index is -0.986. The molecular weight excluding hydrogens is 486 g/mol. The summed E-state index contributed by atoms with van der Waals surface area (Å²) in [6.07, 6.45) is 1.71. The largest absolute Gasteiger partial charge is 0.506 e. The fourth-order valence-electron chi connectivity index (χ4n) is 4.32. The number of thiocarbonyl (C=S) groups is 1. The lowest BCUT2D eigenvalue weighted by atomic mass is 10.0. The molecule has 0 spiro atoms. The molecule has 0 radical (unpaired) electrons. The van der Waals surface area contributed by atoms with E-state index in [-0.39, 0.29) is 17.4 Å². The number of hydrogen-bond acceptors (Lipinski definition) is 5.